The number of hydrogen-bond acceptors (Lipinski definition) is 3. The standard InChI is InChI=1S/C16H21N3O2/c1-12(16(20)19-6-8-21-9-7-19)18-11-13-2-3-14-4-5-17-15(14)10-13/h2-5,10,12,17-18H,6-9,11H2,1H3. The summed E-state index contributed by atoms with van der Waals surface area (Å²) in [6.45, 7) is 5.28. The molecule has 0 bridgehead atoms. The topological polar surface area (TPSA) is 57.4 Å². The minimum atomic E-state index is -0.178. The number of carbonyl (C=O) groups is 1. The van der Waals surface area contributed by atoms with Crippen LogP contribution in [0.4, 0.5) is 0 Å². The number of rotatable bonds is 4. The van der Waals surface area contributed by atoms with E-state index in [4.69, 9.17) is 4.74 Å². The van der Waals surface area contributed by atoms with Crippen LogP contribution in [-0.2, 0) is 16.1 Å². The maximum atomic E-state index is 12.3. The van der Waals surface area contributed by atoms with Gasteiger partial charge in [-0.2, -0.15) is 0 Å². The number of aromatic amines is 1. The highest BCUT2D eigenvalue weighted by Crippen LogP contribution is 2.14. The lowest BCUT2D eigenvalue weighted by Gasteiger charge is -2.29. The number of fused-ring (bicyclic) bond motifs is 1. The van der Waals surface area contributed by atoms with Crippen LogP contribution < -0.4 is 5.32 Å². The molecule has 2 N–H and O–H groups in total. The molecule has 1 aromatic carbocycles. The zero-order valence-electron chi connectivity index (χ0n) is 12.3. The Morgan fingerprint density at radius 1 is 1.38 bits per heavy atom. The predicted octanol–water partition coefficient (Wildman–Crippen LogP) is 1.50. The van der Waals surface area contributed by atoms with E-state index in [1.807, 2.05) is 18.0 Å². The van der Waals surface area contributed by atoms with Crippen molar-refractivity contribution in [2.24, 2.45) is 0 Å². The van der Waals surface area contributed by atoms with Crippen LogP contribution in [-0.4, -0.2) is 48.1 Å². The lowest BCUT2D eigenvalue weighted by atomic mass is 10.1. The van der Waals surface area contributed by atoms with E-state index in [0.29, 0.717) is 32.8 Å². The maximum absolute atomic E-state index is 12.3. The van der Waals surface area contributed by atoms with Gasteiger partial charge < -0.3 is 19.9 Å². The van der Waals surface area contributed by atoms with Gasteiger partial charge in [0.2, 0.25) is 5.91 Å². The molecule has 1 aliphatic rings. The average molecular weight is 287 g/mol. The normalized spacial score (nSPS) is 17.1. The second-order valence-corrected chi connectivity index (χ2v) is 5.44. The van der Waals surface area contributed by atoms with E-state index < -0.39 is 0 Å². The minimum Gasteiger partial charge on any atom is -0.378 e. The number of amides is 1. The van der Waals surface area contributed by atoms with Crippen molar-refractivity contribution >= 4 is 16.8 Å². The second kappa shape index (κ2) is 6.28. The average Bonchev–Trinajstić information content (AvgIpc) is 3.00. The van der Waals surface area contributed by atoms with Gasteiger partial charge in [-0.1, -0.05) is 12.1 Å². The highest BCUT2D eigenvalue weighted by Gasteiger charge is 2.21. The van der Waals surface area contributed by atoms with Crippen LogP contribution in [0.1, 0.15) is 12.5 Å². The van der Waals surface area contributed by atoms with Gasteiger partial charge in [-0.25, -0.2) is 0 Å². The number of benzene rings is 1. The molecule has 2 aromatic rings. The van der Waals surface area contributed by atoms with Crippen molar-refractivity contribution in [1.29, 1.82) is 0 Å². The molecule has 1 amide bonds. The van der Waals surface area contributed by atoms with Crippen LogP contribution in [0.3, 0.4) is 0 Å². The third-order valence-electron chi connectivity index (χ3n) is 3.92. The summed E-state index contributed by atoms with van der Waals surface area (Å²) in [6, 6.07) is 8.18. The van der Waals surface area contributed by atoms with E-state index in [-0.39, 0.29) is 11.9 Å². The van der Waals surface area contributed by atoms with Crippen molar-refractivity contribution in [1.82, 2.24) is 15.2 Å². The smallest absolute Gasteiger partial charge is 0.239 e. The van der Waals surface area contributed by atoms with Crippen molar-refractivity contribution < 1.29 is 9.53 Å². The third-order valence-corrected chi connectivity index (χ3v) is 3.92. The summed E-state index contributed by atoms with van der Waals surface area (Å²) < 4.78 is 5.27. The quantitative estimate of drug-likeness (QED) is 0.896. The van der Waals surface area contributed by atoms with Gasteiger partial charge in [0, 0.05) is 31.3 Å². The van der Waals surface area contributed by atoms with E-state index in [0.717, 1.165) is 5.52 Å². The molecule has 1 fully saturated rings. The van der Waals surface area contributed by atoms with Gasteiger partial charge in [0.15, 0.2) is 0 Å². The van der Waals surface area contributed by atoms with Crippen molar-refractivity contribution in [3.63, 3.8) is 0 Å². The molecule has 0 aliphatic carbocycles. The lowest BCUT2D eigenvalue weighted by Crippen LogP contribution is -2.49. The number of morpholine rings is 1. The van der Waals surface area contributed by atoms with Crippen molar-refractivity contribution in [2.75, 3.05) is 26.3 Å². The van der Waals surface area contributed by atoms with Crippen LogP contribution in [0, 0.1) is 0 Å². The zero-order valence-corrected chi connectivity index (χ0v) is 12.3. The van der Waals surface area contributed by atoms with E-state index in [1.165, 1.54) is 10.9 Å². The predicted molar refractivity (Wildman–Crippen MR) is 82.0 cm³/mol. The largest absolute Gasteiger partial charge is 0.378 e. The molecule has 0 radical (unpaired) electrons. The molecule has 1 atom stereocenters. The summed E-state index contributed by atoms with van der Waals surface area (Å²) in [5, 5.41) is 4.51. The van der Waals surface area contributed by atoms with Crippen LogP contribution in [0.2, 0.25) is 0 Å². The van der Waals surface area contributed by atoms with Gasteiger partial charge in [0.25, 0.3) is 0 Å². The molecular formula is C16H21N3O2. The monoisotopic (exact) mass is 287 g/mol. The maximum Gasteiger partial charge on any atom is 0.239 e. The van der Waals surface area contributed by atoms with Gasteiger partial charge in [-0.15, -0.1) is 0 Å². The molecule has 0 saturated carbocycles. The Morgan fingerprint density at radius 3 is 3.00 bits per heavy atom. The SMILES string of the molecule is CC(NCc1ccc2cc[nH]c2c1)C(=O)N1CCOCC1. The number of nitrogens with zero attached hydrogens (tertiary/aromatic N) is 1. The van der Waals surface area contributed by atoms with Gasteiger partial charge in [0.05, 0.1) is 19.3 Å². The van der Waals surface area contributed by atoms with Gasteiger partial charge >= 0.3 is 0 Å². The number of nitrogens with one attached hydrogen (secondary N) is 2. The molecule has 1 unspecified atom stereocenters. The Labute approximate surface area is 124 Å². The Kier molecular flexibility index (Phi) is 4.22. The molecule has 5 heteroatoms. The van der Waals surface area contributed by atoms with E-state index in [2.05, 4.69) is 34.6 Å². The molecule has 3 rings (SSSR count). The van der Waals surface area contributed by atoms with Crippen molar-refractivity contribution in [3.8, 4) is 0 Å². The fourth-order valence-corrected chi connectivity index (χ4v) is 2.62. The molecular weight excluding hydrogens is 266 g/mol. The first-order valence-corrected chi connectivity index (χ1v) is 7.40. The molecule has 5 nitrogen and oxygen atoms in total. The van der Waals surface area contributed by atoms with Gasteiger partial charge in [0.1, 0.15) is 0 Å². The first-order chi connectivity index (χ1) is 10.2. The number of carbonyl (C=O) groups excluding carboxylic acids is 1. The summed E-state index contributed by atoms with van der Waals surface area (Å²) in [6.07, 6.45) is 1.94. The molecule has 2 heterocycles. The fraction of sp³-hybridized carbons (Fsp3) is 0.438. The highest BCUT2D eigenvalue weighted by molar-refractivity contribution is 5.82. The van der Waals surface area contributed by atoms with E-state index >= 15 is 0 Å². The van der Waals surface area contributed by atoms with E-state index in [9.17, 15) is 4.79 Å². The molecule has 0 spiro atoms. The van der Waals surface area contributed by atoms with Crippen LogP contribution in [0.15, 0.2) is 30.5 Å². The molecule has 1 aliphatic heterocycles. The zero-order chi connectivity index (χ0) is 14.7. The lowest BCUT2D eigenvalue weighted by molar-refractivity contribution is -0.137. The number of H-pyrrole nitrogens is 1. The summed E-state index contributed by atoms with van der Waals surface area (Å²) in [5.41, 5.74) is 2.30. The van der Waals surface area contributed by atoms with Crippen molar-refractivity contribution in [2.45, 2.75) is 19.5 Å². The summed E-state index contributed by atoms with van der Waals surface area (Å²) >= 11 is 0. The van der Waals surface area contributed by atoms with Crippen LogP contribution in [0.5, 0.6) is 0 Å². The molecule has 1 aromatic heterocycles. The number of aromatic nitrogens is 1. The third kappa shape index (κ3) is 3.25. The number of ether oxygens (including phenoxy) is 1. The summed E-state index contributed by atoms with van der Waals surface area (Å²) in [7, 11) is 0. The number of hydrogen-bond donors (Lipinski definition) is 2. The Hall–Kier alpha value is -1.85. The fourth-order valence-electron chi connectivity index (χ4n) is 2.62. The Morgan fingerprint density at radius 2 is 2.19 bits per heavy atom. The Bertz CT molecular complexity index is 617. The first-order valence-electron chi connectivity index (χ1n) is 7.40. The first kappa shape index (κ1) is 14.1. The van der Waals surface area contributed by atoms with Crippen molar-refractivity contribution in [3.05, 3.63) is 36.0 Å². The van der Waals surface area contributed by atoms with E-state index in [1.54, 1.807) is 0 Å². The molecule has 112 valence electrons. The molecule has 1 saturated heterocycles. The second-order valence-electron chi connectivity index (χ2n) is 5.44. The van der Waals surface area contributed by atoms with Gasteiger partial charge in [-0.05, 0) is 30.0 Å². The summed E-state index contributed by atoms with van der Waals surface area (Å²) in [5.74, 6) is 0.152. The highest BCUT2D eigenvalue weighted by atomic mass is 16.5. The Balaban J connectivity index is 1.56. The summed E-state index contributed by atoms with van der Waals surface area (Å²) in [4.78, 5) is 17.4. The molecule has 21 heavy (non-hydrogen) atoms. The van der Waals surface area contributed by atoms with Gasteiger partial charge in [-0.3, -0.25) is 4.79 Å². The van der Waals surface area contributed by atoms with Crippen LogP contribution >= 0.6 is 0 Å². The van der Waals surface area contributed by atoms with Crippen LogP contribution in [0.25, 0.3) is 10.9 Å². The minimum absolute atomic E-state index is 0.152.